The zero-order chi connectivity index (χ0) is 29.6. The van der Waals surface area contributed by atoms with Crippen molar-refractivity contribution in [2.45, 2.75) is 85.7 Å². The molecule has 0 saturated heterocycles. The first-order valence-corrected chi connectivity index (χ1v) is 15.7. The molecule has 224 valence electrons. The number of carbonyl (C=O) groups excluding carboxylic acids is 2. The van der Waals surface area contributed by atoms with Crippen LogP contribution < -0.4 is 4.74 Å². The van der Waals surface area contributed by atoms with Crippen LogP contribution in [-0.4, -0.2) is 32.6 Å². The number of nitrogens with zero attached hydrogens (tertiary/aromatic N) is 1. The number of methoxy groups -OCH3 is 1. The molecule has 0 amide bonds. The number of ether oxygens (including phenoxy) is 3. The molecule has 1 aromatic carbocycles. The summed E-state index contributed by atoms with van der Waals surface area (Å²) in [4.78, 5) is 27.9. The molecule has 4 rings (SSSR count). The molecule has 0 N–H and O–H groups in total. The van der Waals surface area contributed by atoms with E-state index in [1.54, 1.807) is 7.11 Å². The summed E-state index contributed by atoms with van der Waals surface area (Å²) in [5, 5.41) is 10.1. The van der Waals surface area contributed by atoms with Gasteiger partial charge < -0.3 is 19.0 Å². The molecule has 3 aliphatic carbocycles. The topological polar surface area (TPSA) is 85.6 Å². The zero-order valence-electron chi connectivity index (χ0n) is 25.7. The quantitative estimate of drug-likeness (QED) is 0.0962. The van der Waals surface area contributed by atoms with Crippen molar-refractivity contribution in [3.05, 3.63) is 41.5 Å². The molecule has 2 fully saturated rings. The molecule has 0 heterocycles. The Bertz CT molecular complexity index is 1120. The highest BCUT2D eigenvalue weighted by Gasteiger charge is 2.72. The molecule has 3 aliphatic rings. The van der Waals surface area contributed by atoms with Gasteiger partial charge in [0, 0.05) is 24.5 Å². The van der Waals surface area contributed by atoms with Crippen molar-refractivity contribution in [1.29, 1.82) is 5.26 Å². The van der Waals surface area contributed by atoms with Gasteiger partial charge >= 0.3 is 5.97 Å². The van der Waals surface area contributed by atoms with Crippen LogP contribution in [0.25, 0.3) is 0 Å². The number of allylic oxidation sites excluding steroid dienone is 1. The van der Waals surface area contributed by atoms with Crippen LogP contribution in [0.15, 0.2) is 35.9 Å². The fourth-order valence-corrected chi connectivity index (χ4v) is 8.43. The number of benzene rings is 1. The third-order valence-corrected chi connectivity index (χ3v) is 10.5. The van der Waals surface area contributed by atoms with Gasteiger partial charge in [0.1, 0.15) is 24.1 Å². The number of esters is 1. The maximum Gasteiger partial charge on any atom is 0.317 e. The molecule has 41 heavy (non-hydrogen) atoms. The minimum atomic E-state index is -0.976. The smallest absolute Gasteiger partial charge is 0.317 e. The fraction of sp³-hybridized carbons (Fsp3) is 0.686. The molecule has 0 spiro atoms. The van der Waals surface area contributed by atoms with Crippen molar-refractivity contribution in [3.8, 4) is 11.8 Å². The van der Waals surface area contributed by atoms with E-state index in [1.165, 1.54) is 0 Å². The van der Waals surface area contributed by atoms with E-state index < -0.39 is 10.8 Å². The van der Waals surface area contributed by atoms with E-state index in [0.717, 1.165) is 68.5 Å². The first kappa shape index (κ1) is 31.3. The molecule has 5 unspecified atom stereocenters. The van der Waals surface area contributed by atoms with E-state index in [0.29, 0.717) is 19.3 Å². The number of carbonyl (C=O) groups is 2. The van der Waals surface area contributed by atoms with E-state index in [-0.39, 0.29) is 48.1 Å². The standard InChI is InChI=1S/C35H49NO5/c1-6-7-15-40-16-9-8-10-30-25(4)28(21-36)18-32(30)34(23-37)19-27-17-31(24(2)3)35(34,20-27)33(38)41-22-26-11-13-29(39-5)14-12-26/h11-14,17,23-25,27-28,30,32H,6-10,15-16,18-20,22H2,1-5H3/t25?,27?,28?,30?,32?,34-,35+/m0/s1. The van der Waals surface area contributed by atoms with Gasteiger partial charge in [-0.1, -0.05) is 64.3 Å². The lowest BCUT2D eigenvalue weighted by molar-refractivity contribution is -0.167. The van der Waals surface area contributed by atoms with Crippen LogP contribution in [0.2, 0.25) is 0 Å². The Balaban J connectivity index is 1.61. The van der Waals surface area contributed by atoms with Gasteiger partial charge in [0.25, 0.3) is 0 Å². The lowest BCUT2D eigenvalue weighted by Crippen LogP contribution is -2.53. The summed E-state index contributed by atoms with van der Waals surface area (Å²) in [6, 6.07) is 10.1. The Morgan fingerprint density at radius 2 is 1.88 bits per heavy atom. The van der Waals surface area contributed by atoms with Crippen LogP contribution in [0.1, 0.15) is 84.6 Å². The van der Waals surface area contributed by atoms with Crippen molar-refractivity contribution in [2.75, 3.05) is 20.3 Å². The molecule has 0 aliphatic heterocycles. The molecule has 0 radical (unpaired) electrons. The molecule has 2 saturated carbocycles. The highest BCUT2D eigenvalue weighted by atomic mass is 16.5. The number of hydrogen-bond acceptors (Lipinski definition) is 6. The number of rotatable bonds is 15. The molecule has 6 heteroatoms. The molecule has 6 nitrogen and oxygen atoms in total. The van der Waals surface area contributed by atoms with Crippen LogP contribution in [0.4, 0.5) is 0 Å². The van der Waals surface area contributed by atoms with Crippen molar-refractivity contribution in [1.82, 2.24) is 0 Å². The Labute approximate surface area is 246 Å². The summed E-state index contributed by atoms with van der Waals surface area (Å²) in [6.07, 6.45) is 10.4. The second-order valence-electron chi connectivity index (χ2n) is 13.0. The van der Waals surface area contributed by atoms with E-state index in [1.807, 2.05) is 24.3 Å². The maximum atomic E-state index is 14.4. The van der Waals surface area contributed by atoms with Gasteiger partial charge in [0.2, 0.25) is 0 Å². The van der Waals surface area contributed by atoms with Crippen LogP contribution in [0, 0.1) is 57.7 Å². The van der Waals surface area contributed by atoms with E-state index in [2.05, 4.69) is 39.8 Å². The second-order valence-corrected chi connectivity index (χ2v) is 13.0. The van der Waals surface area contributed by atoms with Gasteiger partial charge in [-0.05, 0) is 85.8 Å². The Morgan fingerprint density at radius 3 is 2.51 bits per heavy atom. The Kier molecular flexibility index (Phi) is 10.3. The number of fused-ring (bicyclic) bond motifs is 2. The zero-order valence-corrected chi connectivity index (χ0v) is 25.7. The van der Waals surface area contributed by atoms with Gasteiger partial charge in [-0.3, -0.25) is 4.79 Å². The number of hydrogen-bond donors (Lipinski definition) is 0. The summed E-state index contributed by atoms with van der Waals surface area (Å²) in [5.41, 5.74) is 0.103. The predicted octanol–water partition coefficient (Wildman–Crippen LogP) is 7.32. The van der Waals surface area contributed by atoms with Gasteiger partial charge in [-0.25, -0.2) is 0 Å². The van der Waals surface area contributed by atoms with Gasteiger partial charge in [-0.15, -0.1) is 0 Å². The van der Waals surface area contributed by atoms with E-state index in [4.69, 9.17) is 14.2 Å². The summed E-state index contributed by atoms with van der Waals surface area (Å²) >= 11 is 0. The minimum absolute atomic E-state index is 0.0263. The first-order chi connectivity index (χ1) is 19.8. The Hall–Kier alpha value is -2.65. The monoisotopic (exact) mass is 563 g/mol. The number of nitriles is 1. The summed E-state index contributed by atoms with van der Waals surface area (Å²) in [6.45, 7) is 10.3. The fourth-order valence-electron chi connectivity index (χ4n) is 8.43. The van der Waals surface area contributed by atoms with Crippen LogP contribution in [0.3, 0.4) is 0 Å². The first-order valence-electron chi connectivity index (χ1n) is 15.7. The van der Waals surface area contributed by atoms with Crippen molar-refractivity contribution in [2.24, 2.45) is 46.3 Å². The summed E-state index contributed by atoms with van der Waals surface area (Å²) in [5.74, 6) is 1.02. The van der Waals surface area contributed by atoms with Crippen LogP contribution >= 0.6 is 0 Å². The van der Waals surface area contributed by atoms with E-state index in [9.17, 15) is 14.9 Å². The third-order valence-electron chi connectivity index (χ3n) is 10.5. The largest absolute Gasteiger partial charge is 0.497 e. The van der Waals surface area contributed by atoms with Crippen molar-refractivity contribution < 1.29 is 23.8 Å². The van der Waals surface area contributed by atoms with Crippen molar-refractivity contribution >= 4 is 12.3 Å². The summed E-state index contributed by atoms with van der Waals surface area (Å²) < 4.78 is 17.2. The molecular weight excluding hydrogens is 514 g/mol. The highest BCUT2D eigenvalue weighted by Crippen LogP contribution is 2.71. The predicted molar refractivity (Wildman–Crippen MR) is 159 cm³/mol. The average Bonchev–Trinajstić information content (AvgIpc) is 3.64. The maximum absolute atomic E-state index is 14.4. The lowest BCUT2D eigenvalue weighted by atomic mass is 9.52. The number of unbranched alkanes of at least 4 members (excludes halogenated alkanes) is 2. The third kappa shape index (κ3) is 5.85. The molecule has 2 bridgehead atoms. The van der Waals surface area contributed by atoms with Crippen molar-refractivity contribution in [3.63, 3.8) is 0 Å². The van der Waals surface area contributed by atoms with Gasteiger partial charge in [0.05, 0.1) is 13.2 Å². The SMILES string of the molecule is CCCCOCCCCC1C(C)C(C#N)CC1[C@@]1(C=O)CC2C=C(C(C)C)[C@@]1(C(=O)OCc1ccc(OC)cc1)C2. The normalized spacial score (nSPS) is 32.1. The van der Waals surface area contributed by atoms with Crippen LogP contribution in [0.5, 0.6) is 5.75 Å². The second kappa shape index (κ2) is 13.6. The molecule has 0 aromatic heterocycles. The number of aldehydes is 1. The highest BCUT2D eigenvalue weighted by molar-refractivity contribution is 5.89. The van der Waals surface area contributed by atoms with Gasteiger partial charge in [0.15, 0.2) is 0 Å². The minimum Gasteiger partial charge on any atom is -0.497 e. The average molecular weight is 564 g/mol. The van der Waals surface area contributed by atoms with Gasteiger partial charge in [-0.2, -0.15) is 5.26 Å². The van der Waals surface area contributed by atoms with E-state index >= 15 is 0 Å². The molecule has 1 aromatic rings. The molecule has 7 atom stereocenters. The van der Waals surface area contributed by atoms with Crippen LogP contribution in [-0.2, 0) is 25.7 Å². The Morgan fingerprint density at radius 1 is 1.15 bits per heavy atom. The summed E-state index contributed by atoms with van der Waals surface area (Å²) in [7, 11) is 1.62. The molecular formula is C35H49NO5. The lowest BCUT2D eigenvalue weighted by Gasteiger charge is -2.49.